The largest absolute Gasteiger partial charge is 0.342 e. The average Bonchev–Trinajstić information content (AvgIpc) is 2.45. The minimum absolute atomic E-state index is 0.919. The first-order valence-electron chi connectivity index (χ1n) is 7.24. The third kappa shape index (κ3) is 3.20. The molecule has 2 heteroatoms. The molecule has 0 atom stereocenters. The zero-order valence-corrected chi connectivity index (χ0v) is 12.9. The molecule has 2 nitrogen and oxygen atoms in total. The lowest BCUT2D eigenvalue weighted by molar-refractivity contribution is 0.812. The molecule has 0 aliphatic heterocycles. The molecule has 0 aliphatic rings. The van der Waals surface area contributed by atoms with Gasteiger partial charge >= 0.3 is 0 Å². The van der Waals surface area contributed by atoms with Crippen LogP contribution in [0.5, 0.6) is 0 Å². The van der Waals surface area contributed by atoms with E-state index < -0.39 is 0 Å². The van der Waals surface area contributed by atoms with E-state index in [0.717, 1.165) is 13.1 Å². The smallest absolute Gasteiger partial charge is 0.0413 e. The SMILES string of the molecule is CCN(c1ccc(C)cc1)c1ccc(CNC)c(C)c1. The minimum Gasteiger partial charge on any atom is -0.342 e. The molecule has 20 heavy (non-hydrogen) atoms. The van der Waals surface area contributed by atoms with Crippen LogP contribution in [-0.4, -0.2) is 13.6 Å². The maximum atomic E-state index is 3.21. The van der Waals surface area contributed by atoms with Crippen molar-refractivity contribution in [2.45, 2.75) is 27.3 Å². The summed E-state index contributed by atoms with van der Waals surface area (Å²) in [5.41, 5.74) is 6.50. The highest BCUT2D eigenvalue weighted by Gasteiger charge is 2.08. The molecule has 2 rings (SSSR count). The van der Waals surface area contributed by atoms with Gasteiger partial charge in [-0.1, -0.05) is 23.8 Å². The maximum Gasteiger partial charge on any atom is 0.0413 e. The first-order chi connectivity index (χ1) is 9.65. The number of nitrogens with zero attached hydrogens (tertiary/aromatic N) is 1. The number of hydrogen-bond donors (Lipinski definition) is 1. The van der Waals surface area contributed by atoms with Crippen molar-refractivity contribution < 1.29 is 0 Å². The van der Waals surface area contributed by atoms with Crippen LogP contribution >= 0.6 is 0 Å². The second-order valence-electron chi connectivity index (χ2n) is 5.22. The van der Waals surface area contributed by atoms with Gasteiger partial charge in [-0.05, 0) is 63.2 Å². The molecule has 0 radical (unpaired) electrons. The highest BCUT2D eigenvalue weighted by atomic mass is 15.1. The summed E-state index contributed by atoms with van der Waals surface area (Å²) in [5, 5.41) is 3.21. The molecule has 0 unspecified atom stereocenters. The molecule has 2 aromatic carbocycles. The van der Waals surface area contributed by atoms with Crippen molar-refractivity contribution in [3.05, 3.63) is 59.2 Å². The Morgan fingerprint density at radius 2 is 1.60 bits per heavy atom. The number of anilines is 2. The van der Waals surface area contributed by atoms with Crippen molar-refractivity contribution in [1.29, 1.82) is 0 Å². The van der Waals surface area contributed by atoms with E-state index in [-0.39, 0.29) is 0 Å². The summed E-state index contributed by atoms with van der Waals surface area (Å²) in [6, 6.07) is 15.4. The first-order valence-corrected chi connectivity index (χ1v) is 7.24. The van der Waals surface area contributed by atoms with Crippen molar-refractivity contribution in [2.24, 2.45) is 0 Å². The first kappa shape index (κ1) is 14.6. The fourth-order valence-electron chi connectivity index (χ4n) is 2.48. The van der Waals surface area contributed by atoms with Crippen molar-refractivity contribution in [2.75, 3.05) is 18.5 Å². The summed E-state index contributed by atoms with van der Waals surface area (Å²) < 4.78 is 0. The second kappa shape index (κ2) is 6.58. The zero-order chi connectivity index (χ0) is 14.5. The van der Waals surface area contributed by atoms with Crippen molar-refractivity contribution in [1.82, 2.24) is 5.32 Å². The fraction of sp³-hybridized carbons (Fsp3) is 0.333. The fourth-order valence-corrected chi connectivity index (χ4v) is 2.48. The summed E-state index contributed by atoms with van der Waals surface area (Å²) >= 11 is 0. The van der Waals surface area contributed by atoms with Gasteiger partial charge in [0, 0.05) is 24.5 Å². The predicted octanol–water partition coefficient (Wildman–Crippen LogP) is 4.18. The third-order valence-corrected chi connectivity index (χ3v) is 3.67. The van der Waals surface area contributed by atoms with Crippen LogP contribution in [-0.2, 0) is 6.54 Å². The second-order valence-corrected chi connectivity index (χ2v) is 5.22. The van der Waals surface area contributed by atoms with Crippen LogP contribution in [0.2, 0.25) is 0 Å². The van der Waals surface area contributed by atoms with E-state index in [9.17, 15) is 0 Å². The van der Waals surface area contributed by atoms with Crippen LogP contribution in [0.15, 0.2) is 42.5 Å². The van der Waals surface area contributed by atoms with Crippen LogP contribution in [0.25, 0.3) is 0 Å². The van der Waals surface area contributed by atoms with E-state index in [4.69, 9.17) is 0 Å². The Bertz CT molecular complexity index is 558. The normalized spacial score (nSPS) is 10.6. The molecule has 0 amide bonds. The molecule has 0 heterocycles. The van der Waals surface area contributed by atoms with Gasteiger partial charge in [-0.2, -0.15) is 0 Å². The lowest BCUT2D eigenvalue weighted by atomic mass is 10.1. The van der Waals surface area contributed by atoms with Gasteiger partial charge in [0.25, 0.3) is 0 Å². The van der Waals surface area contributed by atoms with Gasteiger partial charge in [0.15, 0.2) is 0 Å². The predicted molar refractivity (Wildman–Crippen MR) is 87.8 cm³/mol. The maximum absolute atomic E-state index is 3.21. The lowest BCUT2D eigenvalue weighted by Crippen LogP contribution is -2.16. The van der Waals surface area contributed by atoms with E-state index >= 15 is 0 Å². The Kier molecular flexibility index (Phi) is 4.80. The van der Waals surface area contributed by atoms with Gasteiger partial charge in [-0.3, -0.25) is 0 Å². The Morgan fingerprint density at radius 3 is 2.15 bits per heavy atom. The molecule has 0 saturated heterocycles. The number of nitrogens with one attached hydrogen (secondary N) is 1. The molecule has 0 aromatic heterocycles. The highest BCUT2D eigenvalue weighted by Crippen LogP contribution is 2.27. The Hall–Kier alpha value is -1.80. The molecular weight excluding hydrogens is 244 g/mol. The van der Waals surface area contributed by atoms with Crippen molar-refractivity contribution in [3.8, 4) is 0 Å². The molecule has 106 valence electrons. The van der Waals surface area contributed by atoms with Crippen molar-refractivity contribution in [3.63, 3.8) is 0 Å². The van der Waals surface area contributed by atoms with Gasteiger partial charge in [-0.15, -0.1) is 0 Å². The van der Waals surface area contributed by atoms with Gasteiger partial charge < -0.3 is 10.2 Å². The summed E-state index contributed by atoms with van der Waals surface area (Å²) in [4.78, 5) is 2.34. The van der Waals surface area contributed by atoms with Crippen LogP contribution in [0.4, 0.5) is 11.4 Å². The molecule has 1 N–H and O–H groups in total. The molecule has 0 fully saturated rings. The van der Waals surface area contributed by atoms with E-state index in [2.05, 4.69) is 73.5 Å². The Morgan fingerprint density at radius 1 is 0.950 bits per heavy atom. The quantitative estimate of drug-likeness (QED) is 0.875. The van der Waals surface area contributed by atoms with E-state index in [1.807, 2.05) is 7.05 Å². The molecule has 0 spiro atoms. The third-order valence-electron chi connectivity index (χ3n) is 3.67. The number of hydrogen-bond acceptors (Lipinski definition) is 2. The topological polar surface area (TPSA) is 15.3 Å². The van der Waals surface area contributed by atoms with Crippen molar-refractivity contribution >= 4 is 11.4 Å². The average molecular weight is 268 g/mol. The lowest BCUT2D eigenvalue weighted by Gasteiger charge is -2.24. The minimum atomic E-state index is 0.919. The highest BCUT2D eigenvalue weighted by molar-refractivity contribution is 5.64. The van der Waals surface area contributed by atoms with Crippen LogP contribution in [0, 0.1) is 13.8 Å². The monoisotopic (exact) mass is 268 g/mol. The zero-order valence-electron chi connectivity index (χ0n) is 12.9. The van der Waals surface area contributed by atoms with Gasteiger partial charge in [0.1, 0.15) is 0 Å². The van der Waals surface area contributed by atoms with Crippen LogP contribution in [0.1, 0.15) is 23.6 Å². The van der Waals surface area contributed by atoms with Crippen LogP contribution in [0.3, 0.4) is 0 Å². The summed E-state index contributed by atoms with van der Waals surface area (Å²) in [6.07, 6.45) is 0. The number of benzene rings is 2. The van der Waals surface area contributed by atoms with E-state index in [1.165, 1.54) is 28.1 Å². The number of rotatable bonds is 5. The summed E-state index contributed by atoms with van der Waals surface area (Å²) in [7, 11) is 1.98. The number of aryl methyl sites for hydroxylation is 2. The Balaban J connectivity index is 2.32. The van der Waals surface area contributed by atoms with E-state index in [0.29, 0.717) is 0 Å². The Labute approximate surface area is 122 Å². The molecule has 0 aliphatic carbocycles. The standard InChI is InChI=1S/C18H24N2/c1-5-20(17-9-6-14(2)7-10-17)18-11-8-16(13-19-4)15(3)12-18/h6-12,19H,5,13H2,1-4H3. The summed E-state index contributed by atoms with van der Waals surface area (Å²) in [5.74, 6) is 0. The molecule has 2 aromatic rings. The van der Waals surface area contributed by atoms with Gasteiger partial charge in [0.05, 0.1) is 0 Å². The molecule has 0 bridgehead atoms. The van der Waals surface area contributed by atoms with Gasteiger partial charge in [-0.25, -0.2) is 0 Å². The van der Waals surface area contributed by atoms with E-state index in [1.54, 1.807) is 0 Å². The summed E-state index contributed by atoms with van der Waals surface area (Å²) in [6.45, 7) is 8.38. The molecular formula is C18H24N2. The van der Waals surface area contributed by atoms with Gasteiger partial charge in [0.2, 0.25) is 0 Å². The van der Waals surface area contributed by atoms with Crippen LogP contribution < -0.4 is 10.2 Å². The molecule has 0 saturated carbocycles.